The average molecular weight is 884 g/mol. The molecular formula is C41H37Cl2FN4O11S. The molecule has 7 rings (SSSR count). The van der Waals surface area contributed by atoms with E-state index in [-0.39, 0.29) is 55.1 Å². The number of ketones is 2. The third kappa shape index (κ3) is 8.02. The smallest absolute Gasteiger partial charge is 0.271 e. The molecule has 1 amide bonds. The summed E-state index contributed by atoms with van der Waals surface area (Å²) in [5.74, 6) is -4.30. The molecule has 4 aromatic rings. The molecule has 314 valence electrons. The molecule has 0 aromatic heterocycles. The number of aliphatic hydroxyl groups is 3. The second-order valence-electron chi connectivity index (χ2n) is 14.4. The Bertz CT molecular complexity index is 2460. The number of phenolic OH excluding ortho intramolecular Hbond substituents is 2. The lowest BCUT2D eigenvalue weighted by molar-refractivity contribution is -0.247. The lowest BCUT2D eigenvalue weighted by atomic mass is 9.71. The van der Waals surface area contributed by atoms with Gasteiger partial charge in [-0.05, 0) is 67.7 Å². The van der Waals surface area contributed by atoms with Gasteiger partial charge in [0.1, 0.15) is 34.8 Å². The van der Waals surface area contributed by atoms with E-state index in [2.05, 4.69) is 21.2 Å². The molecule has 19 heteroatoms. The fourth-order valence-electron chi connectivity index (χ4n) is 7.69. The third-order valence-electron chi connectivity index (χ3n) is 10.7. The SMILES string of the molecule is COc1cccc2c1C(=O)c1c(O)c3c(c(O)c1C2=O)C[C@@](O)(/C(CO)=N/NC(=O)c1ccc(Cl)c(Cl)c1)C[C@@H]3OC1CC(NC(=S)Nc2ccc(F)cc2)C(O)C(C)O1. The molecule has 4 aromatic carbocycles. The van der Waals surface area contributed by atoms with Crippen LogP contribution in [0.1, 0.15) is 79.2 Å². The maximum atomic E-state index is 14.1. The third-order valence-corrected chi connectivity index (χ3v) is 11.6. The molecule has 0 bridgehead atoms. The summed E-state index contributed by atoms with van der Waals surface area (Å²) < 4.78 is 31.3. The second kappa shape index (κ2) is 17.0. The number of rotatable bonds is 9. The fourth-order valence-corrected chi connectivity index (χ4v) is 8.26. The van der Waals surface area contributed by atoms with Crippen LogP contribution in [0.4, 0.5) is 10.1 Å². The summed E-state index contributed by atoms with van der Waals surface area (Å²) in [6.07, 6.45) is -5.94. The number of methoxy groups -OCH3 is 1. The summed E-state index contributed by atoms with van der Waals surface area (Å²) in [6.45, 7) is 0.633. The van der Waals surface area contributed by atoms with Crippen molar-refractivity contribution in [3.8, 4) is 17.2 Å². The van der Waals surface area contributed by atoms with Crippen molar-refractivity contribution in [2.45, 2.75) is 62.4 Å². The Kier molecular flexibility index (Phi) is 12.2. The molecule has 15 nitrogen and oxygen atoms in total. The Labute approximate surface area is 356 Å². The van der Waals surface area contributed by atoms with E-state index in [1.165, 1.54) is 67.8 Å². The highest BCUT2D eigenvalue weighted by Crippen LogP contribution is 2.52. The number of hydrazone groups is 1. The van der Waals surface area contributed by atoms with Crippen molar-refractivity contribution in [3.05, 3.63) is 115 Å². The first kappa shape index (κ1) is 42.9. The number of carbonyl (C=O) groups excluding carboxylic acids is 3. The number of phenols is 2. The molecule has 1 saturated heterocycles. The number of amides is 1. The maximum Gasteiger partial charge on any atom is 0.271 e. The zero-order valence-corrected chi connectivity index (χ0v) is 34.0. The van der Waals surface area contributed by atoms with E-state index in [0.29, 0.717) is 5.69 Å². The predicted octanol–water partition coefficient (Wildman–Crippen LogP) is 4.69. The number of halogens is 3. The number of hydrogen-bond acceptors (Lipinski definition) is 13. The Balaban J connectivity index is 1.27. The van der Waals surface area contributed by atoms with Crippen molar-refractivity contribution < 1.29 is 58.5 Å². The van der Waals surface area contributed by atoms with Crippen LogP contribution in [0.15, 0.2) is 65.8 Å². The Hall–Kier alpha value is -5.24. The average Bonchev–Trinajstić information content (AvgIpc) is 3.21. The molecule has 8 N–H and O–H groups in total. The van der Waals surface area contributed by atoms with Gasteiger partial charge in [-0.25, -0.2) is 9.82 Å². The van der Waals surface area contributed by atoms with Gasteiger partial charge in [0.25, 0.3) is 5.91 Å². The summed E-state index contributed by atoms with van der Waals surface area (Å²) in [5.41, 5.74) is -1.57. The summed E-state index contributed by atoms with van der Waals surface area (Å²) in [5, 5.41) is 68.3. The molecule has 4 unspecified atom stereocenters. The van der Waals surface area contributed by atoms with Crippen LogP contribution in [-0.4, -0.2) is 97.7 Å². The van der Waals surface area contributed by atoms with E-state index in [1.54, 1.807) is 6.92 Å². The van der Waals surface area contributed by atoms with Crippen LogP contribution >= 0.6 is 35.4 Å². The van der Waals surface area contributed by atoms with Gasteiger partial charge in [-0.2, -0.15) is 5.10 Å². The van der Waals surface area contributed by atoms with E-state index >= 15 is 0 Å². The van der Waals surface area contributed by atoms with E-state index in [9.17, 15) is 44.3 Å². The van der Waals surface area contributed by atoms with Gasteiger partial charge in [-0.1, -0.05) is 35.3 Å². The minimum Gasteiger partial charge on any atom is -0.507 e. The molecule has 0 saturated carbocycles. The van der Waals surface area contributed by atoms with E-state index in [1.807, 2.05) is 0 Å². The van der Waals surface area contributed by atoms with Gasteiger partial charge in [0.2, 0.25) is 5.78 Å². The number of thiocarbonyl (C=S) groups is 1. The van der Waals surface area contributed by atoms with Crippen LogP contribution in [0.25, 0.3) is 0 Å². The number of ether oxygens (including phenoxy) is 3. The van der Waals surface area contributed by atoms with Crippen LogP contribution in [-0.2, 0) is 15.9 Å². The van der Waals surface area contributed by atoms with Gasteiger partial charge in [0.15, 0.2) is 17.2 Å². The summed E-state index contributed by atoms with van der Waals surface area (Å²) in [7, 11) is 1.31. The minimum atomic E-state index is -2.25. The van der Waals surface area contributed by atoms with Gasteiger partial charge in [0, 0.05) is 47.2 Å². The molecule has 6 atom stereocenters. The van der Waals surface area contributed by atoms with Crippen molar-refractivity contribution >= 4 is 69.4 Å². The Morgan fingerprint density at radius 1 is 1.03 bits per heavy atom. The van der Waals surface area contributed by atoms with Crippen molar-refractivity contribution in [1.29, 1.82) is 0 Å². The maximum absolute atomic E-state index is 14.1. The summed E-state index contributed by atoms with van der Waals surface area (Å²) in [4.78, 5) is 41.2. The molecule has 3 aliphatic rings. The first-order valence-electron chi connectivity index (χ1n) is 18.4. The predicted molar refractivity (Wildman–Crippen MR) is 220 cm³/mol. The Morgan fingerprint density at radius 3 is 2.43 bits per heavy atom. The number of aliphatic hydroxyl groups excluding tert-OH is 2. The first-order chi connectivity index (χ1) is 28.5. The quantitative estimate of drug-likeness (QED) is 0.0435. The van der Waals surface area contributed by atoms with Crippen LogP contribution in [0.3, 0.4) is 0 Å². The standard InChI is InChI=1S/C41H37Cl2FN4O11S/c1-17-34(50)25(46-40(60)45-20-9-7-19(44)8-10-20)13-29(58-17)59-27-15-41(56,28(16-49)47-48-39(55)18-6-11-23(42)24(43)12-18)14-22-31(27)38(54)33-32(36(22)52)35(51)21-4-3-5-26(57-2)30(21)37(33)53/h3-12,17,25,27,29,34,49-50,52,54,56H,13-16H2,1-2H3,(H,48,55)(H2,45,46,60)/b47-28+/t17?,25?,27-,29?,34?,41-/m0/s1. The van der Waals surface area contributed by atoms with E-state index in [0.717, 1.165) is 0 Å². The number of nitrogens with zero attached hydrogens (tertiary/aromatic N) is 1. The van der Waals surface area contributed by atoms with Crippen LogP contribution in [0, 0.1) is 5.82 Å². The van der Waals surface area contributed by atoms with Crippen molar-refractivity contribution in [1.82, 2.24) is 10.7 Å². The molecule has 0 radical (unpaired) electrons. The van der Waals surface area contributed by atoms with Gasteiger partial charge in [-0.15, -0.1) is 0 Å². The first-order valence-corrected chi connectivity index (χ1v) is 19.6. The number of anilines is 1. The lowest BCUT2D eigenvalue weighted by Gasteiger charge is -2.43. The normalized spacial score (nSPS) is 23.5. The second-order valence-corrected chi connectivity index (χ2v) is 15.6. The van der Waals surface area contributed by atoms with Crippen molar-refractivity contribution in [3.63, 3.8) is 0 Å². The van der Waals surface area contributed by atoms with Crippen LogP contribution < -0.4 is 20.8 Å². The number of benzene rings is 4. The van der Waals surface area contributed by atoms with Gasteiger partial charge in [-0.3, -0.25) is 14.4 Å². The van der Waals surface area contributed by atoms with Crippen LogP contribution in [0.2, 0.25) is 10.0 Å². The molecule has 2 aliphatic carbocycles. The number of fused-ring (bicyclic) bond motifs is 3. The minimum absolute atomic E-state index is 0.0446. The molecule has 60 heavy (non-hydrogen) atoms. The fraction of sp³-hybridized carbons (Fsp3) is 0.293. The van der Waals surface area contributed by atoms with Gasteiger partial charge >= 0.3 is 0 Å². The van der Waals surface area contributed by atoms with Crippen molar-refractivity contribution in [2.24, 2.45) is 5.10 Å². The Morgan fingerprint density at radius 2 is 1.75 bits per heavy atom. The van der Waals surface area contributed by atoms with Crippen LogP contribution in [0.5, 0.6) is 17.2 Å². The zero-order valence-electron chi connectivity index (χ0n) is 31.7. The van der Waals surface area contributed by atoms with E-state index in [4.69, 9.17) is 49.6 Å². The number of hydrogen-bond donors (Lipinski definition) is 8. The van der Waals surface area contributed by atoms with Gasteiger partial charge < -0.3 is 50.4 Å². The molecule has 0 spiro atoms. The van der Waals surface area contributed by atoms with Crippen molar-refractivity contribution in [2.75, 3.05) is 19.0 Å². The molecule has 1 heterocycles. The monoisotopic (exact) mass is 882 g/mol. The van der Waals surface area contributed by atoms with E-state index < -0.39 is 107 Å². The van der Waals surface area contributed by atoms with Gasteiger partial charge in [0.05, 0.1) is 64.4 Å². The molecule has 1 fully saturated rings. The lowest BCUT2D eigenvalue weighted by Crippen LogP contribution is -2.56. The zero-order chi connectivity index (χ0) is 43.2. The molecule has 1 aliphatic heterocycles. The number of carbonyl (C=O) groups is 3. The molecular weight excluding hydrogens is 846 g/mol. The summed E-state index contributed by atoms with van der Waals surface area (Å²) in [6, 6.07) is 13.0. The highest BCUT2D eigenvalue weighted by molar-refractivity contribution is 7.80. The summed E-state index contributed by atoms with van der Waals surface area (Å²) >= 11 is 17.5. The largest absolute Gasteiger partial charge is 0.507 e. The highest BCUT2D eigenvalue weighted by atomic mass is 35.5. The number of nitrogens with one attached hydrogen (secondary N) is 3. The number of aromatic hydroxyl groups is 2. The topological polar surface area (TPSA) is 228 Å². The highest BCUT2D eigenvalue weighted by Gasteiger charge is 2.50.